The zero-order valence-corrected chi connectivity index (χ0v) is 7.73. The maximum Gasteiger partial charge on any atom is 0.171 e. The minimum Gasteiger partial charge on any atom is -0.489 e. The molecule has 2 rings (SSSR count). The van der Waals surface area contributed by atoms with Crippen LogP contribution in [-0.2, 0) is 0 Å². The first kappa shape index (κ1) is 7.92. The number of thiophene rings is 1. The Morgan fingerprint density at radius 1 is 0.917 bits per heavy atom. The molecule has 3 heteroatoms. The van der Waals surface area contributed by atoms with E-state index in [0.717, 1.165) is 37.6 Å². The van der Waals surface area contributed by atoms with E-state index < -0.39 is 0 Å². The lowest BCUT2D eigenvalue weighted by Gasteiger charge is -2.04. The standard InChI is InChI=1S/C9H12O2S/c1-2-4-10-8-6-12-7-9(8)11-5-3-1/h6-7H,1-5H2. The Kier molecular flexibility index (Phi) is 2.51. The number of hydrogen-bond donors (Lipinski definition) is 0. The summed E-state index contributed by atoms with van der Waals surface area (Å²) in [6.07, 6.45) is 3.48. The van der Waals surface area contributed by atoms with E-state index in [1.807, 2.05) is 10.8 Å². The third kappa shape index (κ3) is 1.72. The lowest BCUT2D eigenvalue weighted by molar-refractivity contribution is 0.290. The van der Waals surface area contributed by atoms with Gasteiger partial charge in [-0.05, 0) is 19.3 Å². The summed E-state index contributed by atoms with van der Waals surface area (Å²) in [6.45, 7) is 1.65. The fourth-order valence-corrected chi connectivity index (χ4v) is 1.91. The van der Waals surface area contributed by atoms with Crippen LogP contribution in [0.5, 0.6) is 11.5 Å². The fourth-order valence-electron chi connectivity index (χ4n) is 1.23. The largest absolute Gasteiger partial charge is 0.489 e. The van der Waals surface area contributed by atoms with E-state index in [1.165, 1.54) is 6.42 Å². The van der Waals surface area contributed by atoms with Crippen LogP contribution in [0.15, 0.2) is 10.8 Å². The quantitative estimate of drug-likeness (QED) is 0.617. The lowest BCUT2D eigenvalue weighted by Crippen LogP contribution is -1.95. The summed E-state index contributed by atoms with van der Waals surface area (Å²) in [7, 11) is 0. The highest BCUT2D eigenvalue weighted by Crippen LogP contribution is 2.32. The van der Waals surface area contributed by atoms with Crippen LogP contribution >= 0.6 is 11.3 Å². The molecule has 1 aromatic heterocycles. The molecule has 0 aliphatic carbocycles. The molecule has 2 heterocycles. The summed E-state index contributed by atoms with van der Waals surface area (Å²) < 4.78 is 11.1. The summed E-state index contributed by atoms with van der Waals surface area (Å²) >= 11 is 1.63. The predicted octanol–water partition coefficient (Wildman–Crippen LogP) is 2.69. The highest BCUT2D eigenvalue weighted by molar-refractivity contribution is 7.08. The van der Waals surface area contributed by atoms with E-state index in [-0.39, 0.29) is 0 Å². The smallest absolute Gasteiger partial charge is 0.171 e. The van der Waals surface area contributed by atoms with Gasteiger partial charge >= 0.3 is 0 Å². The maximum atomic E-state index is 5.53. The highest BCUT2D eigenvalue weighted by atomic mass is 32.1. The van der Waals surface area contributed by atoms with Gasteiger partial charge in [-0.3, -0.25) is 0 Å². The van der Waals surface area contributed by atoms with Gasteiger partial charge in [0.25, 0.3) is 0 Å². The van der Waals surface area contributed by atoms with Crippen molar-refractivity contribution >= 4 is 11.3 Å². The van der Waals surface area contributed by atoms with Crippen molar-refractivity contribution in [2.24, 2.45) is 0 Å². The Morgan fingerprint density at radius 2 is 1.50 bits per heavy atom. The Hall–Kier alpha value is -0.700. The predicted molar refractivity (Wildman–Crippen MR) is 49.2 cm³/mol. The summed E-state index contributed by atoms with van der Waals surface area (Å²) in [5, 5.41) is 4.00. The molecule has 0 N–H and O–H groups in total. The summed E-state index contributed by atoms with van der Waals surface area (Å²) in [6, 6.07) is 0. The van der Waals surface area contributed by atoms with Crippen molar-refractivity contribution in [2.75, 3.05) is 13.2 Å². The van der Waals surface area contributed by atoms with Crippen LogP contribution in [0, 0.1) is 0 Å². The average molecular weight is 184 g/mol. The third-order valence-electron chi connectivity index (χ3n) is 1.90. The topological polar surface area (TPSA) is 18.5 Å². The molecule has 0 fully saturated rings. The van der Waals surface area contributed by atoms with Crippen LogP contribution in [-0.4, -0.2) is 13.2 Å². The van der Waals surface area contributed by atoms with Crippen LogP contribution in [0.1, 0.15) is 19.3 Å². The zero-order chi connectivity index (χ0) is 8.23. The van der Waals surface area contributed by atoms with Crippen molar-refractivity contribution < 1.29 is 9.47 Å². The Labute approximate surface area is 76.1 Å². The van der Waals surface area contributed by atoms with Gasteiger partial charge in [0.2, 0.25) is 0 Å². The van der Waals surface area contributed by atoms with Crippen molar-refractivity contribution in [1.29, 1.82) is 0 Å². The van der Waals surface area contributed by atoms with E-state index in [9.17, 15) is 0 Å². The van der Waals surface area contributed by atoms with Crippen LogP contribution in [0.4, 0.5) is 0 Å². The van der Waals surface area contributed by atoms with Gasteiger partial charge in [-0.15, -0.1) is 11.3 Å². The molecule has 0 saturated heterocycles. The van der Waals surface area contributed by atoms with Gasteiger partial charge in [-0.25, -0.2) is 0 Å². The SMILES string of the molecule is c1scc2c1OCCCCCO2. The van der Waals surface area contributed by atoms with Gasteiger partial charge in [-0.1, -0.05) is 0 Å². The van der Waals surface area contributed by atoms with Crippen molar-refractivity contribution in [3.63, 3.8) is 0 Å². The lowest BCUT2D eigenvalue weighted by atomic mass is 10.2. The van der Waals surface area contributed by atoms with Gasteiger partial charge in [0.15, 0.2) is 11.5 Å². The molecular weight excluding hydrogens is 172 g/mol. The van der Waals surface area contributed by atoms with Gasteiger partial charge in [-0.2, -0.15) is 0 Å². The van der Waals surface area contributed by atoms with Crippen LogP contribution < -0.4 is 9.47 Å². The van der Waals surface area contributed by atoms with Crippen molar-refractivity contribution in [3.8, 4) is 11.5 Å². The summed E-state index contributed by atoms with van der Waals surface area (Å²) in [4.78, 5) is 0. The van der Waals surface area contributed by atoms with Crippen molar-refractivity contribution in [3.05, 3.63) is 10.8 Å². The zero-order valence-electron chi connectivity index (χ0n) is 6.91. The summed E-state index contributed by atoms with van der Waals surface area (Å²) in [5.74, 6) is 1.84. The van der Waals surface area contributed by atoms with Gasteiger partial charge in [0.1, 0.15) is 0 Å². The van der Waals surface area contributed by atoms with Crippen molar-refractivity contribution in [1.82, 2.24) is 0 Å². The van der Waals surface area contributed by atoms with E-state index in [2.05, 4.69) is 0 Å². The molecule has 1 aromatic rings. The molecule has 0 spiro atoms. The Morgan fingerprint density at radius 3 is 2.08 bits per heavy atom. The maximum absolute atomic E-state index is 5.53. The first-order valence-corrected chi connectivity index (χ1v) is 5.23. The normalized spacial score (nSPS) is 17.7. The van der Waals surface area contributed by atoms with E-state index in [4.69, 9.17) is 9.47 Å². The molecule has 0 amide bonds. The van der Waals surface area contributed by atoms with Crippen molar-refractivity contribution in [2.45, 2.75) is 19.3 Å². The van der Waals surface area contributed by atoms with E-state index in [0.29, 0.717) is 0 Å². The molecule has 0 saturated carbocycles. The molecular formula is C9H12O2S. The minimum atomic E-state index is 0.826. The van der Waals surface area contributed by atoms with Gasteiger partial charge in [0.05, 0.1) is 13.2 Å². The first-order chi connectivity index (χ1) is 5.97. The van der Waals surface area contributed by atoms with Gasteiger partial charge < -0.3 is 9.47 Å². The fraction of sp³-hybridized carbons (Fsp3) is 0.556. The van der Waals surface area contributed by atoms with Crippen LogP contribution in [0.3, 0.4) is 0 Å². The first-order valence-electron chi connectivity index (χ1n) is 4.28. The molecule has 0 radical (unpaired) electrons. The average Bonchev–Trinajstić information content (AvgIpc) is 2.50. The Bertz CT molecular complexity index is 222. The minimum absolute atomic E-state index is 0.826. The second-order valence-corrected chi connectivity index (χ2v) is 3.60. The van der Waals surface area contributed by atoms with E-state index >= 15 is 0 Å². The number of fused-ring (bicyclic) bond motifs is 1. The second kappa shape index (κ2) is 3.81. The molecule has 0 atom stereocenters. The molecule has 66 valence electrons. The number of ether oxygens (including phenoxy) is 2. The highest BCUT2D eigenvalue weighted by Gasteiger charge is 2.07. The molecule has 1 aliphatic heterocycles. The monoisotopic (exact) mass is 184 g/mol. The number of rotatable bonds is 0. The van der Waals surface area contributed by atoms with Crippen LogP contribution in [0.2, 0.25) is 0 Å². The molecule has 2 nitrogen and oxygen atoms in total. The molecule has 12 heavy (non-hydrogen) atoms. The molecule has 0 aromatic carbocycles. The van der Waals surface area contributed by atoms with Crippen LogP contribution in [0.25, 0.3) is 0 Å². The molecule has 0 bridgehead atoms. The van der Waals surface area contributed by atoms with E-state index in [1.54, 1.807) is 11.3 Å². The third-order valence-corrected chi connectivity index (χ3v) is 2.60. The van der Waals surface area contributed by atoms with Gasteiger partial charge in [0, 0.05) is 10.8 Å². The second-order valence-electron chi connectivity index (χ2n) is 2.86. The summed E-state index contributed by atoms with van der Waals surface area (Å²) in [5.41, 5.74) is 0. The molecule has 0 unspecified atom stereocenters. The number of hydrogen-bond acceptors (Lipinski definition) is 3. The molecule has 1 aliphatic rings. The Balaban J connectivity index is 2.10.